The van der Waals surface area contributed by atoms with Gasteiger partial charge in [0, 0.05) is 11.1 Å². The molecule has 116 valence electrons. The first kappa shape index (κ1) is 14.7. The van der Waals surface area contributed by atoms with Crippen molar-refractivity contribution in [3.63, 3.8) is 0 Å². The molecular weight excluding hydrogens is 318 g/mol. The highest BCUT2D eigenvalue weighted by atomic mass is 35.5. The van der Waals surface area contributed by atoms with Gasteiger partial charge in [0.2, 0.25) is 0 Å². The molecule has 0 bridgehead atoms. The lowest BCUT2D eigenvalue weighted by Crippen LogP contribution is -2.28. The van der Waals surface area contributed by atoms with Crippen molar-refractivity contribution in [2.24, 2.45) is 4.99 Å². The number of halogens is 1. The second kappa shape index (κ2) is 6.32. The van der Waals surface area contributed by atoms with E-state index in [4.69, 9.17) is 11.6 Å². The van der Waals surface area contributed by atoms with Crippen LogP contribution >= 0.6 is 11.6 Å². The molecule has 0 spiro atoms. The summed E-state index contributed by atoms with van der Waals surface area (Å²) >= 11 is 6.79. The summed E-state index contributed by atoms with van der Waals surface area (Å²) in [5.41, 5.74) is 6.78. The molecule has 24 heavy (non-hydrogen) atoms. The van der Waals surface area contributed by atoms with Gasteiger partial charge in [-0.3, -0.25) is 10.1 Å². The van der Waals surface area contributed by atoms with Crippen LogP contribution in [0.4, 0.5) is 0 Å². The van der Waals surface area contributed by atoms with Crippen molar-refractivity contribution in [3.05, 3.63) is 82.9 Å². The van der Waals surface area contributed by atoms with Crippen molar-refractivity contribution in [1.82, 2.24) is 10.2 Å². The van der Waals surface area contributed by atoms with E-state index in [9.17, 15) is 0 Å². The van der Waals surface area contributed by atoms with Gasteiger partial charge >= 0.3 is 0 Å². The first-order valence-electron chi connectivity index (χ1n) is 7.69. The van der Waals surface area contributed by atoms with Crippen LogP contribution in [0, 0.1) is 0 Å². The second-order valence-corrected chi connectivity index (χ2v) is 5.78. The number of benzene rings is 2. The fraction of sp³-hybridized carbons (Fsp3) is 0.0500. The minimum atomic E-state index is 0.527. The van der Waals surface area contributed by atoms with E-state index in [0.717, 1.165) is 33.1 Å². The van der Waals surface area contributed by atoms with E-state index in [1.165, 1.54) is 0 Å². The van der Waals surface area contributed by atoms with Crippen LogP contribution in [0.25, 0.3) is 22.0 Å². The maximum absolute atomic E-state index is 6.79. The molecule has 1 aliphatic rings. The van der Waals surface area contributed by atoms with Crippen molar-refractivity contribution in [3.8, 4) is 11.3 Å². The molecule has 1 aromatic heterocycles. The maximum Gasteiger partial charge on any atom is 0.109 e. The number of rotatable bonds is 2. The summed E-state index contributed by atoms with van der Waals surface area (Å²) in [5, 5.41) is 9.71. The Labute approximate surface area is 144 Å². The minimum Gasteiger partial charge on any atom is -0.278 e. The summed E-state index contributed by atoms with van der Waals surface area (Å²) in [6, 6.07) is 20.0. The maximum atomic E-state index is 6.79. The summed E-state index contributed by atoms with van der Waals surface area (Å²) in [5.74, 6) is 0. The minimum absolute atomic E-state index is 0.527. The van der Waals surface area contributed by atoms with Gasteiger partial charge in [0.1, 0.15) is 11.0 Å². The Hall–Kier alpha value is -2.87. The van der Waals surface area contributed by atoms with E-state index in [0.29, 0.717) is 11.6 Å². The Bertz CT molecular complexity index is 1060. The molecule has 0 amide bonds. The molecule has 0 radical (unpaired) electrons. The molecule has 4 rings (SSSR count). The Morgan fingerprint density at radius 3 is 2.29 bits per heavy atom. The summed E-state index contributed by atoms with van der Waals surface area (Å²) < 4.78 is 0. The van der Waals surface area contributed by atoms with Crippen molar-refractivity contribution >= 4 is 28.1 Å². The molecule has 4 heteroatoms. The van der Waals surface area contributed by atoms with E-state index < -0.39 is 0 Å². The summed E-state index contributed by atoms with van der Waals surface area (Å²) in [6.45, 7) is 0.527. The lowest BCUT2D eigenvalue weighted by atomic mass is 10.1. The first-order valence-corrected chi connectivity index (χ1v) is 8.07. The highest BCUT2D eigenvalue weighted by Gasteiger charge is 2.15. The van der Waals surface area contributed by atoms with Crippen molar-refractivity contribution in [2.75, 3.05) is 6.54 Å². The van der Waals surface area contributed by atoms with Gasteiger partial charge in [-0.1, -0.05) is 78.0 Å². The summed E-state index contributed by atoms with van der Waals surface area (Å²) in [6.07, 6.45) is 1.89. The molecule has 0 unspecified atom stereocenters. The largest absolute Gasteiger partial charge is 0.278 e. The molecule has 2 heterocycles. The summed E-state index contributed by atoms with van der Waals surface area (Å²) in [4.78, 5) is 4.64. The zero-order chi connectivity index (χ0) is 16.4. The van der Waals surface area contributed by atoms with E-state index in [2.05, 4.69) is 20.9 Å². The highest BCUT2D eigenvalue weighted by Crippen LogP contribution is 2.17. The predicted octanol–water partition coefficient (Wildman–Crippen LogP) is 2.86. The third kappa shape index (κ3) is 2.61. The number of aromatic nitrogens is 2. The number of nitrogens with one attached hydrogen (secondary N) is 1. The molecule has 0 fully saturated rings. The van der Waals surface area contributed by atoms with Crippen LogP contribution in [-0.2, 0) is 0 Å². The Kier molecular flexibility index (Phi) is 3.87. The van der Waals surface area contributed by atoms with Gasteiger partial charge in [-0.25, -0.2) is 0 Å². The average Bonchev–Trinajstić information content (AvgIpc) is 3.04. The number of H-pyrrole nitrogens is 1. The highest BCUT2D eigenvalue weighted by molar-refractivity contribution is 6.64. The Morgan fingerprint density at radius 2 is 1.58 bits per heavy atom. The third-order valence-corrected chi connectivity index (χ3v) is 4.24. The molecule has 0 atom stereocenters. The monoisotopic (exact) mass is 331 g/mol. The lowest BCUT2D eigenvalue weighted by molar-refractivity contribution is 1.07. The molecule has 0 saturated heterocycles. The third-order valence-electron chi connectivity index (χ3n) is 3.88. The fourth-order valence-electron chi connectivity index (χ4n) is 2.75. The van der Waals surface area contributed by atoms with Crippen molar-refractivity contribution in [1.29, 1.82) is 0 Å². The normalized spacial score (nSPS) is 18.0. The number of aliphatic imine (C=N–C) groups is 1. The van der Waals surface area contributed by atoms with Crippen LogP contribution in [0.1, 0.15) is 5.56 Å². The topological polar surface area (TPSA) is 41.0 Å². The molecule has 0 aliphatic carbocycles. The first-order chi connectivity index (χ1) is 11.8. The van der Waals surface area contributed by atoms with E-state index in [1.54, 1.807) is 0 Å². The number of aromatic amines is 1. The van der Waals surface area contributed by atoms with Crippen molar-refractivity contribution in [2.45, 2.75) is 0 Å². The van der Waals surface area contributed by atoms with E-state index in [-0.39, 0.29) is 0 Å². The van der Waals surface area contributed by atoms with Crippen LogP contribution in [0.15, 0.2) is 71.7 Å². The Balaban J connectivity index is 2.04. The molecule has 3 nitrogen and oxygen atoms in total. The van der Waals surface area contributed by atoms with Crippen LogP contribution in [0.3, 0.4) is 0 Å². The average molecular weight is 332 g/mol. The second-order valence-electron chi connectivity index (χ2n) is 5.41. The molecule has 3 aromatic rings. The standard InChI is InChI=1S/C20H14ClN3/c21-18-17-16(23-24-19(17)14-8-3-1-4-9-14)12-7-13-22-20(18)15-10-5-2-6-11-15/h1-11,23H,13H2/b18-17-,22-20-. The summed E-state index contributed by atoms with van der Waals surface area (Å²) in [7, 11) is 0. The zero-order valence-electron chi connectivity index (χ0n) is 12.8. The smallest absolute Gasteiger partial charge is 0.109 e. The lowest BCUT2D eigenvalue weighted by Gasteiger charge is -2.07. The van der Waals surface area contributed by atoms with Crippen LogP contribution in [0.2, 0.25) is 0 Å². The van der Waals surface area contributed by atoms with Gasteiger partial charge in [0.05, 0.1) is 22.5 Å². The SMILES string of the molecule is ClC1=c2\c(-c3ccccc3)n[nH]c2=C=CC/N=C\1c1ccccc1. The quantitative estimate of drug-likeness (QED) is 0.770. The number of hydrogen-bond donors (Lipinski definition) is 1. The number of nitrogens with zero attached hydrogens (tertiary/aromatic N) is 2. The molecular formula is C20H14ClN3. The fourth-order valence-corrected chi connectivity index (χ4v) is 3.10. The molecule has 0 saturated carbocycles. The van der Waals surface area contributed by atoms with E-state index >= 15 is 0 Å². The zero-order valence-corrected chi connectivity index (χ0v) is 13.6. The van der Waals surface area contributed by atoms with Gasteiger partial charge < -0.3 is 0 Å². The van der Waals surface area contributed by atoms with Gasteiger partial charge in [-0.05, 0) is 6.08 Å². The molecule has 1 aliphatic heterocycles. The number of hydrogen-bond acceptors (Lipinski definition) is 2. The molecule has 2 aromatic carbocycles. The van der Waals surface area contributed by atoms with Gasteiger partial charge in [-0.2, -0.15) is 5.10 Å². The van der Waals surface area contributed by atoms with E-state index in [1.807, 2.05) is 66.7 Å². The molecule has 1 N–H and O–H groups in total. The number of fused-ring (bicyclic) bond motifs is 1. The van der Waals surface area contributed by atoms with Gasteiger partial charge in [0.25, 0.3) is 0 Å². The van der Waals surface area contributed by atoms with Gasteiger partial charge in [-0.15, -0.1) is 0 Å². The Morgan fingerprint density at radius 1 is 0.917 bits per heavy atom. The van der Waals surface area contributed by atoms with Crippen molar-refractivity contribution < 1.29 is 0 Å². The predicted molar refractivity (Wildman–Crippen MR) is 98.4 cm³/mol. The van der Waals surface area contributed by atoms with Gasteiger partial charge in [0.15, 0.2) is 0 Å². The van der Waals surface area contributed by atoms with Crippen LogP contribution in [-0.4, -0.2) is 22.5 Å². The van der Waals surface area contributed by atoms with Crippen LogP contribution < -0.4 is 10.6 Å². The van der Waals surface area contributed by atoms with Crippen LogP contribution in [0.5, 0.6) is 0 Å².